The molecule has 2 N–H and O–H groups in total. The number of halogens is 1. The highest BCUT2D eigenvalue weighted by Crippen LogP contribution is 2.18. The van der Waals surface area contributed by atoms with Gasteiger partial charge in [-0.3, -0.25) is 0 Å². The molecule has 6 heteroatoms. The van der Waals surface area contributed by atoms with Crippen LogP contribution in [0.1, 0.15) is 11.1 Å². The van der Waals surface area contributed by atoms with Gasteiger partial charge in [-0.05, 0) is 33.7 Å². The van der Waals surface area contributed by atoms with Gasteiger partial charge in [-0.25, -0.2) is 4.68 Å². The number of hydrogen-bond donors (Lipinski definition) is 1. The van der Waals surface area contributed by atoms with Crippen molar-refractivity contribution in [3.8, 4) is 11.4 Å². The average Bonchev–Trinajstić information content (AvgIpc) is 2.98. The summed E-state index contributed by atoms with van der Waals surface area (Å²) in [5, 5.41) is 12.6. The Morgan fingerprint density at radius 2 is 1.62 bits per heavy atom. The fourth-order valence-corrected chi connectivity index (χ4v) is 2.20. The van der Waals surface area contributed by atoms with Crippen molar-refractivity contribution in [2.75, 3.05) is 0 Å². The van der Waals surface area contributed by atoms with Gasteiger partial charge in [-0.1, -0.05) is 48.0 Å². The number of rotatable bonds is 4. The smallest absolute Gasteiger partial charge is 0.182 e. The topological polar surface area (TPSA) is 69.6 Å². The van der Waals surface area contributed by atoms with Crippen molar-refractivity contribution in [3.05, 3.63) is 64.7 Å². The zero-order valence-corrected chi connectivity index (χ0v) is 12.0. The van der Waals surface area contributed by atoms with E-state index in [0.29, 0.717) is 18.1 Å². The predicted octanol–water partition coefficient (Wildman–Crippen LogP) is 2.50. The van der Waals surface area contributed by atoms with E-state index in [1.54, 1.807) is 4.68 Å². The molecule has 21 heavy (non-hydrogen) atoms. The minimum absolute atomic E-state index is 0.524. The molecule has 2 aromatic carbocycles. The molecule has 0 saturated heterocycles. The Morgan fingerprint density at radius 1 is 0.952 bits per heavy atom. The number of nitrogens with two attached hydrogens (primary N) is 1. The molecular weight excluding hydrogens is 286 g/mol. The first-order chi connectivity index (χ1) is 10.3. The zero-order chi connectivity index (χ0) is 14.7. The van der Waals surface area contributed by atoms with Crippen LogP contribution >= 0.6 is 11.6 Å². The van der Waals surface area contributed by atoms with Gasteiger partial charge in [0, 0.05) is 17.1 Å². The number of benzene rings is 2. The van der Waals surface area contributed by atoms with Crippen LogP contribution in [0.3, 0.4) is 0 Å². The molecule has 1 aromatic heterocycles. The normalized spacial score (nSPS) is 10.8. The van der Waals surface area contributed by atoms with Crippen LogP contribution in [-0.4, -0.2) is 20.2 Å². The lowest BCUT2D eigenvalue weighted by atomic mass is 10.1. The monoisotopic (exact) mass is 299 g/mol. The summed E-state index contributed by atoms with van der Waals surface area (Å²) in [4.78, 5) is 0. The fraction of sp³-hybridized carbons (Fsp3) is 0.133. The summed E-state index contributed by atoms with van der Waals surface area (Å²) in [7, 11) is 0. The molecule has 0 spiro atoms. The van der Waals surface area contributed by atoms with Crippen LogP contribution in [0.15, 0.2) is 48.5 Å². The van der Waals surface area contributed by atoms with E-state index in [2.05, 4.69) is 15.5 Å². The number of aromatic nitrogens is 4. The minimum atomic E-state index is 0.524. The van der Waals surface area contributed by atoms with Gasteiger partial charge in [0.05, 0.1) is 6.54 Å². The molecule has 5 nitrogen and oxygen atoms in total. The Morgan fingerprint density at radius 3 is 2.29 bits per heavy atom. The van der Waals surface area contributed by atoms with Crippen molar-refractivity contribution in [1.82, 2.24) is 20.2 Å². The molecule has 3 aromatic rings. The van der Waals surface area contributed by atoms with Crippen molar-refractivity contribution in [2.45, 2.75) is 13.1 Å². The predicted molar refractivity (Wildman–Crippen MR) is 81.7 cm³/mol. The molecule has 106 valence electrons. The molecule has 0 fully saturated rings. The summed E-state index contributed by atoms with van der Waals surface area (Å²) in [5.74, 6) is 0.730. The molecule has 0 aliphatic carbocycles. The number of nitrogens with zero attached hydrogens (tertiary/aromatic N) is 4. The van der Waals surface area contributed by atoms with Crippen molar-refractivity contribution < 1.29 is 0 Å². The van der Waals surface area contributed by atoms with Gasteiger partial charge in [-0.2, -0.15) is 0 Å². The van der Waals surface area contributed by atoms with Gasteiger partial charge < -0.3 is 5.73 Å². The van der Waals surface area contributed by atoms with Crippen LogP contribution in [-0.2, 0) is 13.1 Å². The second kappa shape index (κ2) is 6.03. The standard InChI is InChI=1S/C15H14ClN5/c16-14-7-3-12(4-8-14)10-21-15(18-19-20-21)13-5-1-11(9-17)2-6-13/h1-8H,9-10,17H2. The Hall–Kier alpha value is -2.24. The third kappa shape index (κ3) is 3.09. The lowest BCUT2D eigenvalue weighted by Gasteiger charge is -2.06. The maximum Gasteiger partial charge on any atom is 0.182 e. The average molecular weight is 300 g/mol. The van der Waals surface area contributed by atoms with E-state index in [-0.39, 0.29) is 0 Å². The summed E-state index contributed by atoms with van der Waals surface area (Å²) in [6, 6.07) is 15.6. The number of tetrazole rings is 1. The number of hydrogen-bond acceptors (Lipinski definition) is 4. The van der Waals surface area contributed by atoms with Crippen LogP contribution in [0, 0.1) is 0 Å². The Bertz CT molecular complexity index is 719. The van der Waals surface area contributed by atoms with Gasteiger partial charge in [0.25, 0.3) is 0 Å². The molecule has 0 radical (unpaired) electrons. The second-order valence-electron chi connectivity index (χ2n) is 4.69. The molecule has 0 unspecified atom stereocenters. The highest BCUT2D eigenvalue weighted by molar-refractivity contribution is 6.30. The molecule has 0 aliphatic rings. The molecule has 3 rings (SSSR count). The van der Waals surface area contributed by atoms with Gasteiger partial charge in [0.15, 0.2) is 5.82 Å². The van der Waals surface area contributed by atoms with Crippen molar-refractivity contribution in [2.24, 2.45) is 5.73 Å². The van der Waals surface area contributed by atoms with Gasteiger partial charge >= 0.3 is 0 Å². The maximum atomic E-state index is 5.89. The SMILES string of the molecule is NCc1ccc(-c2nnnn2Cc2ccc(Cl)cc2)cc1. The second-order valence-corrected chi connectivity index (χ2v) is 5.12. The molecule has 1 heterocycles. The van der Waals surface area contributed by atoms with E-state index in [4.69, 9.17) is 17.3 Å². The first-order valence-corrected chi connectivity index (χ1v) is 6.94. The highest BCUT2D eigenvalue weighted by atomic mass is 35.5. The van der Waals surface area contributed by atoms with Gasteiger partial charge in [0.2, 0.25) is 0 Å². The van der Waals surface area contributed by atoms with Crippen molar-refractivity contribution in [3.63, 3.8) is 0 Å². The first kappa shape index (κ1) is 13.7. The van der Waals surface area contributed by atoms with Crippen LogP contribution < -0.4 is 5.73 Å². The third-order valence-electron chi connectivity index (χ3n) is 3.23. The van der Waals surface area contributed by atoms with Crippen molar-refractivity contribution in [1.29, 1.82) is 0 Å². The van der Waals surface area contributed by atoms with E-state index in [9.17, 15) is 0 Å². The Labute approximate surface area is 127 Å². The largest absolute Gasteiger partial charge is 0.326 e. The van der Waals surface area contributed by atoms with Crippen LogP contribution in [0.2, 0.25) is 5.02 Å². The summed E-state index contributed by atoms with van der Waals surface area (Å²) < 4.78 is 1.76. The third-order valence-corrected chi connectivity index (χ3v) is 3.48. The molecule has 0 atom stereocenters. The first-order valence-electron chi connectivity index (χ1n) is 6.56. The molecular formula is C15H14ClN5. The quantitative estimate of drug-likeness (QED) is 0.803. The summed E-state index contributed by atoms with van der Waals surface area (Å²) in [5.41, 5.74) is 8.74. The fourth-order valence-electron chi connectivity index (χ4n) is 2.07. The summed E-state index contributed by atoms with van der Waals surface area (Å²) in [6.45, 7) is 1.12. The molecule has 0 amide bonds. The zero-order valence-electron chi connectivity index (χ0n) is 11.3. The lowest BCUT2D eigenvalue weighted by Crippen LogP contribution is -2.04. The molecule has 0 saturated carbocycles. The molecule has 0 bridgehead atoms. The Kier molecular flexibility index (Phi) is 3.94. The Balaban J connectivity index is 1.87. The summed E-state index contributed by atoms with van der Waals surface area (Å²) in [6.07, 6.45) is 0. The van der Waals surface area contributed by atoms with E-state index >= 15 is 0 Å². The van der Waals surface area contributed by atoms with Gasteiger partial charge in [-0.15, -0.1) is 5.10 Å². The van der Waals surface area contributed by atoms with E-state index in [0.717, 1.165) is 22.5 Å². The van der Waals surface area contributed by atoms with Gasteiger partial charge in [0.1, 0.15) is 0 Å². The van der Waals surface area contributed by atoms with E-state index in [1.807, 2.05) is 48.5 Å². The van der Waals surface area contributed by atoms with Crippen LogP contribution in [0.25, 0.3) is 11.4 Å². The van der Waals surface area contributed by atoms with Crippen LogP contribution in [0.4, 0.5) is 0 Å². The highest BCUT2D eigenvalue weighted by Gasteiger charge is 2.09. The molecule has 0 aliphatic heterocycles. The van der Waals surface area contributed by atoms with E-state index < -0.39 is 0 Å². The lowest BCUT2D eigenvalue weighted by molar-refractivity contribution is 0.653. The van der Waals surface area contributed by atoms with Crippen molar-refractivity contribution >= 4 is 11.6 Å². The maximum absolute atomic E-state index is 5.89. The van der Waals surface area contributed by atoms with Crippen LogP contribution in [0.5, 0.6) is 0 Å². The minimum Gasteiger partial charge on any atom is -0.326 e. The van der Waals surface area contributed by atoms with E-state index in [1.165, 1.54) is 0 Å². The summed E-state index contributed by atoms with van der Waals surface area (Å²) >= 11 is 5.89.